The Morgan fingerprint density at radius 2 is 2.07 bits per heavy atom. The maximum Gasteiger partial charge on any atom is 0.307 e. The molecule has 0 unspecified atom stereocenters. The summed E-state index contributed by atoms with van der Waals surface area (Å²) in [5.74, 6) is 0.408. The van der Waals surface area contributed by atoms with Crippen LogP contribution in [0.3, 0.4) is 0 Å². The first-order valence-corrected chi connectivity index (χ1v) is 9.31. The van der Waals surface area contributed by atoms with Crippen molar-refractivity contribution >= 4 is 17.3 Å². The number of carbonyl (C=O) groups is 1. The summed E-state index contributed by atoms with van der Waals surface area (Å²) in [4.78, 5) is 23.3. The Balaban J connectivity index is 1.82. The first kappa shape index (κ1) is 21.0. The molecule has 1 N–H and O–H groups in total. The zero-order chi connectivity index (χ0) is 22.1. The molecule has 0 aliphatic heterocycles. The third kappa shape index (κ3) is 4.02. The standard InChI is InChI=1S/C20H24N6O4/c1-13-18(14(2)24(23-13)11-15-7-6-8-17(9-15)30-5)22-19(27)20(3,4)25-12-16(10-21-25)26(28)29/h6-10,12H,11H2,1-5H3,(H,22,27). The molecule has 158 valence electrons. The van der Waals surface area contributed by atoms with E-state index in [2.05, 4.69) is 15.5 Å². The molecule has 30 heavy (non-hydrogen) atoms. The predicted octanol–water partition coefficient (Wildman–Crippen LogP) is 3.04. The highest BCUT2D eigenvalue weighted by Crippen LogP contribution is 2.25. The minimum Gasteiger partial charge on any atom is -0.497 e. The molecule has 10 nitrogen and oxygen atoms in total. The van der Waals surface area contributed by atoms with Crippen molar-refractivity contribution in [2.24, 2.45) is 0 Å². The van der Waals surface area contributed by atoms with E-state index in [0.29, 0.717) is 17.9 Å². The number of rotatable bonds is 7. The van der Waals surface area contributed by atoms with Gasteiger partial charge in [-0.05, 0) is 45.4 Å². The summed E-state index contributed by atoms with van der Waals surface area (Å²) in [5.41, 5.74) is 1.79. The number of aromatic nitrogens is 4. The van der Waals surface area contributed by atoms with Crippen molar-refractivity contribution in [3.8, 4) is 5.75 Å². The summed E-state index contributed by atoms with van der Waals surface area (Å²) in [6.45, 7) is 7.50. The molecule has 0 fully saturated rings. The van der Waals surface area contributed by atoms with Gasteiger partial charge in [-0.15, -0.1) is 0 Å². The number of benzene rings is 1. The number of methoxy groups -OCH3 is 1. The Labute approximate surface area is 173 Å². The molecule has 10 heteroatoms. The highest BCUT2D eigenvalue weighted by Gasteiger charge is 2.33. The number of ether oxygens (including phenoxy) is 1. The van der Waals surface area contributed by atoms with Crippen LogP contribution in [-0.4, -0.2) is 37.5 Å². The Morgan fingerprint density at radius 3 is 2.70 bits per heavy atom. The first-order chi connectivity index (χ1) is 14.1. The van der Waals surface area contributed by atoms with E-state index in [4.69, 9.17) is 4.74 Å². The van der Waals surface area contributed by atoms with Crippen molar-refractivity contribution < 1.29 is 14.5 Å². The third-order valence-corrected chi connectivity index (χ3v) is 4.99. The van der Waals surface area contributed by atoms with Crippen LogP contribution in [0, 0.1) is 24.0 Å². The van der Waals surface area contributed by atoms with Gasteiger partial charge >= 0.3 is 5.69 Å². The van der Waals surface area contributed by atoms with Crippen LogP contribution in [0.4, 0.5) is 11.4 Å². The first-order valence-electron chi connectivity index (χ1n) is 9.31. The fourth-order valence-electron chi connectivity index (χ4n) is 3.06. The molecule has 0 atom stereocenters. The van der Waals surface area contributed by atoms with Crippen molar-refractivity contribution in [3.63, 3.8) is 0 Å². The molecule has 0 aliphatic carbocycles. The van der Waals surface area contributed by atoms with E-state index in [1.165, 1.54) is 10.9 Å². The van der Waals surface area contributed by atoms with Crippen LogP contribution in [-0.2, 0) is 16.9 Å². The molecule has 3 rings (SSSR count). The summed E-state index contributed by atoms with van der Waals surface area (Å²) in [5, 5.41) is 22.3. The number of nitrogens with zero attached hydrogens (tertiary/aromatic N) is 5. The molecule has 1 amide bonds. The molecule has 1 aromatic carbocycles. The predicted molar refractivity (Wildman–Crippen MR) is 111 cm³/mol. The number of aryl methyl sites for hydroxylation is 1. The van der Waals surface area contributed by atoms with Crippen LogP contribution in [0.2, 0.25) is 0 Å². The molecular formula is C20H24N6O4. The SMILES string of the molecule is COc1cccc(Cn2nc(C)c(NC(=O)C(C)(C)n3cc([N+](=O)[O-])cn3)c2C)c1. The second-order valence-corrected chi connectivity index (χ2v) is 7.47. The van der Waals surface area contributed by atoms with Gasteiger partial charge in [0.2, 0.25) is 0 Å². The van der Waals surface area contributed by atoms with E-state index in [-0.39, 0.29) is 11.6 Å². The number of hydrogen-bond acceptors (Lipinski definition) is 6. The van der Waals surface area contributed by atoms with Crippen LogP contribution < -0.4 is 10.1 Å². The minimum atomic E-state index is -1.14. The average Bonchev–Trinajstić information content (AvgIpc) is 3.30. The maximum absolute atomic E-state index is 13.0. The van der Waals surface area contributed by atoms with E-state index >= 15 is 0 Å². The van der Waals surface area contributed by atoms with Gasteiger partial charge in [-0.2, -0.15) is 10.2 Å². The number of anilines is 1. The number of carbonyl (C=O) groups excluding carboxylic acids is 1. The topological polar surface area (TPSA) is 117 Å². The van der Waals surface area contributed by atoms with Gasteiger partial charge in [0.25, 0.3) is 5.91 Å². The van der Waals surface area contributed by atoms with Crippen molar-refractivity contribution in [1.82, 2.24) is 19.6 Å². The van der Waals surface area contributed by atoms with Crippen LogP contribution in [0.15, 0.2) is 36.7 Å². The lowest BCUT2D eigenvalue weighted by Crippen LogP contribution is -2.40. The lowest BCUT2D eigenvalue weighted by Gasteiger charge is -2.24. The Kier molecular flexibility index (Phi) is 5.59. The molecule has 0 aliphatic rings. The summed E-state index contributed by atoms with van der Waals surface area (Å²) < 4.78 is 8.36. The normalized spacial score (nSPS) is 11.4. The number of nitro groups is 1. The third-order valence-electron chi connectivity index (χ3n) is 4.99. The van der Waals surface area contributed by atoms with E-state index in [1.807, 2.05) is 42.8 Å². The van der Waals surface area contributed by atoms with Gasteiger partial charge in [-0.25, -0.2) is 0 Å². The smallest absolute Gasteiger partial charge is 0.307 e. The van der Waals surface area contributed by atoms with Gasteiger partial charge < -0.3 is 10.1 Å². The van der Waals surface area contributed by atoms with E-state index in [0.717, 1.165) is 23.2 Å². The fourth-order valence-corrected chi connectivity index (χ4v) is 3.06. The van der Waals surface area contributed by atoms with Gasteiger partial charge in [0, 0.05) is 0 Å². The van der Waals surface area contributed by atoms with Crippen molar-refractivity contribution in [3.05, 3.63) is 63.7 Å². The van der Waals surface area contributed by atoms with Gasteiger partial charge in [0.05, 0.1) is 35.7 Å². The molecule has 2 aromatic heterocycles. The molecule has 3 aromatic rings. The minimum absolute atomic E-state index is 0.172. The fraction of sp³-hybridized carbons (Fsp3) is 0.350. The second-order valence-electron chi connectivity index (χ2n) is 7.47. The van der Waals surface area contributed by atoms with Gasteiger partial charge in [0.15, 0.2) is 0 Å². The van der Waals surface area contributed by atoms with E-state index in [1.54, 1.807) is 21.0 Å². The summed E-state index contributed by atoms with van der Waals surface area (Å²) in [6, 6.07) is 7.69. The zero-order valence-corrected chi connectivity index (χ0v) is 17.5. The highest BCUT2D eigenvalue weighted by molar-refractivity contribution is 5.97. The van der Waals surface area contributed by atoms with Crippen LogP contribution in [0.1, 0.15) is 30.8 Å². The van der Waals surface area contributed by atoms with Gasteiger partial charge in [-0.1, -0.05) is 12.1 Å². The molecule has 0 saturated heterocycles. The molecule has 0 bridgehead atoms. The molecular weight excluding hydrogens is 388 g/mol. The quantitative estimate of drug-likeness (QED) is 0.471. The number of hydrogen-bond donors (Lipinski definition) is 1. The van der Waals surface area contributed by atoms with Crippen molar-refractivity contribution in [2.45, 2.75) is 39.8 Å². The Hall–Kier alpha value is -3.69. The van der Waals surface area contributed by atoms with E-state index in [9.17, 15) is 14.9 Å². The molecule has 2 heterocycles. The largest absolute Gasteiger partial charge is 0.497 e. The average molecular weight is 412 g/mol. The Morgan fingerprint density at radius 1 is 1.33 bits per heavy atom. The van der Waals surface area contributed by atoms with Gasteiger partial charge in [-0.3, -0.25) is 24.3 Å². The lowest BCUT2D eigenvalue weighted by molar-refractivity contribution is -0.385. The Bertz CT molecular complexity index is 1100. The number of amides is 1. The molecule has 0 saturated carbocycles. The van der Waals surface area contributed by atoms with Crippen LogP contribution >= 0.6 is 0 Å². The molecule has 0 radical (unpaired) electrons. The number of nitrogens with one attached hydrogen (secondary N) is 1. The van der Waals surface area contributed by atoms with Crippen molar-refractivity contribution in [2.75, 3.05) is 12.4 Å². The maximum atomic E-state index is 13.0. The van der Waals surface area contributed by atoms with Gasteiger partial charge in [0.1, 0.15) is 23.7 Å². The molecule has 0 spiro atoms. The monoisotopic (exact) mass is 412 g/mol. The highest BCUT2D eigenvalue weighted by atomic mass is 16.6. The summed E-state index contributed by atoms with van der Waals surface area (Å²) in [7, 11) is 1.62. The van der Waals surface area contributed by atoms with Crippen molar-refractivity contribution in [1.29, 1.82) is 0 Å². The zero-order valence-electron chi connectivity index (χ0n) is 17.5. The lowest BCUT2D eigenvalue weighted by atomic mass is 10.0. The summed E-state index contributed by atoms with van der Waals surface area (Å²) in [6.07, 6.45) is 2.36. The van der Waals surface area contributed by atoms with Crippen LogP contribution in [0.25, 0.3) is 0 Å². The van der Waals surface area contributed by atoms with Crippen LogP contribution in [0.5, 0.6) is 5.75 Å². The summed E-state index contributed by atoms with van der Waals surface area (Å²) >= 11 is 0. The second kappa shape index (κ2) is 7.97. The van der Waals surface area contributed by atoms with E-state index < -0.39 is 10.5 Å².